The number of benzene rings is 1. The zero-order valence-electron chi connectivity index (χ0n) is 11.7. The molecule has 0 aliphatic rings. The van der Waals surface area contributed by atoms with Gasteiger partial charge in [-0.15, -0.1) is 0 Å². The smallest absolute Gasteiger partial charge is 0.129 e. The van der Waals surface area contributed by atoms with Gasteiger partial charge in [-0.1, -0.05) is 31.8 Å². The minimum atomic E-state index is -0.318. The summed E-state index contributed by atoms with van der Waals surface area (Å²) in [6.07, 6.45) is 1.08. The van der Waals surface area contributed by atoms with Gasteiger partial charge in [0.25, 0.3) is 0 Å². The number of ether oxygens (including phenoxy) is 1. The van der Waals surface area contributed by atoms with E-state index in [1.54, 1.807) is 12.1 Å². The summed E-state index contributed by atoms with van der Waals surface area (Å²) in [5.74, 6) is 5.41. The van der Waals surface area contributed by atoms with Gasteiger partial charge in [0.2, 0.25) is 0 Å². The monoisotopic (exact) mass is 264 g/mol. The van der Waals surface area contributed by atoms with Gasteiger partial charge < -0.3 is 9.84 Å². The molecule has 1 aromatic carbocycles. The molecule has 1 rings (SSSR count). The zero-order valence-corrected chi connectivity index (χ0v) is 11.7. The van der Waals surface area contributed by atoms with Crippen LogP contribution in [0.15, 0.2) is 18.2 Å². The Kier molecular flexibility index (Phi) is 6.55. The fraction of sp³-hybridized carbons (Fsp3) is 0.500. The first-order valence-electron chi connectivity index (χ1n) is 6.52. The van der Waals surface area contributed by atoms with Gasteiger partial charge in [-0.3, -0.25) is 0 Å². The van der Waals surface area contributed by atoms with Crippen LogP contribution in [-0.2, 0) is 11.3 Å². The first-order valence-corrected chi connectivity index (χ1v) is 6.52. The van der Waals surface area contributed by atoms with Gasteiger partial charge in [0, 0.05) is 11.1 Å². The van der Waals surface area contributed by atoms with Gasteiger partial charge in [-0.05, 0) is 31.4 Å². The molecule has 0 aliphatic carbocycles. The molecule has 0 saturated carbocycles. The highest BCUT2D eigenvalue weighted by atomic mass is 19.1. The quantitative estimate of drug-likeness (QED) is 0.828. The summed E-state index contributed by atoms with van der Waals surface area (Å²) >= 11 is 0. The molecule has 19 heavy (non-hydrogen) atoms. The molecule has 1 unspecified atom stereocenters. The Hall–Kier alpha value is -1.37. The maximum Gasteiger partial charge on any atom is 0.129 e. The highest BCUT2D eigenvalue weighted by Gasteiger charge is 2.08. The molecule has 0 bridgehead atoms. The van der Waals surface area contributed by atoms with E-state index in [-0.39, 0.29) is 25.1 Å². The lowest BCUT2D eigenvalue weighted by Gasteiger charge is -2.15. The summed E-state index contributed by atoms with van der Waals surface area (Å²) in [7, 11) is 0. The summed E-state index contributed by atoms with van der Waals surface area (Å²) in [4.78, 5) is 0. The van der Waals surface area contributed by atoms with Gasteiger partial charge in [-0.2, -0.15) is 0 Å². The number of halogens is 1. The highest BCUT2D eigenvalue weighted by molar-refractivity contribution is 5.36. The molecule has 2 nitrogen and oxygen atoms in total. The normalized spacial score (nSPS) is 12.1. The van der Waals surface area contributed by atoms with Crippen molar-refractivity contribution < 1.29 is 14.2 Å². The molecule has 0 aliphatic heterocycles. The minimum Gasteiger partial charge on any atom is -0.384 e. The summed E-state index contributed by atoms with van der Waals surface area (Å²) in [5, 5.41) is 8.58. The Morgan fingerprint density at radius 2 is 2.05 bits per heavy atom. The standard InChI is InChI=1S/C16H21FO2/c1-12(2)9-13(3)19-11-15-7-6-14(5-4-8-18)10-16(15)17/h6-7,10,12-13,18H,8-9,11H2,1-3H3. The van der Waals surface area contributed by atoms with Crippen molar-refractivity contribution in [3.05, 3.63) is 35.1 Å². The molecule has 1 aromatic rings. The van der Waals surface area contributed by atoms with Crippen LogP contribution in [0.3, 0.4) is 0 Å². The second kappa shape index (κ2) is 7.93. The molecular formula is C16H21FO2. The van der Waals surface area contributed by atoms with E-state index in [4.69, 9.17) is 9.84 Å². The molecule has 0 radical (unpaired) electrons. The van der Waals surface area contributed by atoms with Crippen LogP contribution in [-0.4, -0.2) is 17.8 Å². The Balaban J connectivity index is 2.60. The average molecular weight is 264 g/mol. The van der Waals surface area contributed by atoms with Crippen LogP contribution in [0.2, 0.25) is 0 Å². The SMILES string of the molecule is CC(C)CC(C)OCc1ccc(C#CCO)cc1F. The molecule has 0 saturated heterocycles. The van der Waals surface area contributed by atoms with Crippen molar-refractivity contribution >= 4 is 0 Å². The lowest BCUT2D eigenvalue weighted by Crippen LogP contribution is -2.11. The molecule has 104 valence electrons. The van der Waals surface area contributed by atoms with E-state index in [0.717, 1.165) is 6.42 Å². The third-order valence-electron chi connectivity index (χ3n) is 2.69. The number of aliphatic hydroxyl groups is 1. The van der Waals surface area contributed by atoms with Crippen molar-refractivity contribution in [3.8, 4) is 11.8 Å². The van der Waals surface area contributed by atoms with E-state index in [9.17, 15) is 4.39 Å². The van der Waals surface area contributed by atoms with E-state index in [0.29, 0.717) is 17.0 Å². The fourth-order valence-electron chi connectivity index (χ4n) is 1.85. The Morgan fingerprint density at radius 1 is 1.32 bits per heavy atom. The maximum atomic E-state index is 13.8. The first-order chi connectivity index (χ1) is 9.02. The van der Waals surface area contributed by atoms with Crippen molar-refractivity contribution in [2.75, 3.05) is 6.61 Å². The van der Waals surface area contributed by atoms with E-state index in [1.807, 2.05) is 6.92 Å². The molecule has 0 aromatic heterocycles. The van der Waals surface area contributed by atoms with Crippen LogP contribution in [0.25, 0.3) is 0 Å². The van der Waals surface area contributed by atoms with Gasteiger partial charge in [0.15, 0.2) is 0 Å². The largest absolute Gasteiger partial charge is 0.384 e. The van der Waals surface area contributed by atoms with Gasteiger partial charge in [0.1, 0.15) is 12.4 Å². The van der Waals surface area contributed by atoms with E-state index >= 15 is 0 Å². The van der Waals surface area contributed by atoms with Crippen LogP contribution in [0, 0.1) is 23.6 Å². The summed E-state index contributed by atoms with van der Waals surface area (Å²) in [6.45, 7) is 6.32. The zero-order chi connectivity index (χ0) is 14.3. The minimum absolute atomic E-state index is 0.119. The molecule has 1 N–H and O–H groups in total. The topological polar surface area (TPSA) is 29.5 Å². The lowest BCUT2D eigenvalue weighted by molar-refractivity contribution is 0.0382. The van der Waals surface area contributed by atoms with Crippen molar-refractivity contribution in [2.45, 2.75) is 39.9 Å². The Labute approximate surface area is 114 Å². The van der Waals surface area contributed by atoms with Crippen molar-refractivity contribution in [1.29, 1.82) is 0 Å². The van der Waals surface area contributed by atoms with Crippen LogP contribution in [0.4, 0.5) is 4.39 Å². The first kappa shape index (κ1) is 15.7. The summed E-state index contributed by atoms with van der Waals surface area (Å²) in [5.41, 5.74) is 1.09. The van der Waals surface area contributed by atoms with Crippen LogP contribution < -0.4 is 0 Å². The third kappa shape index (κ3) is 5.87. The predicted molar refractivity (Wildman–Crippen MR) is 74.1 cm³/mol. The molecule has 3 heteroatoms. The fourth-order valence-corrected chi connectivity index (χ4v) is 1.85. The highest BCUT2D eigenvalue weighted by Crippen LogP contribution is 2.14. The Bertz CT molecular complexity index is 458. The van der Waals surface area contributed by atoms with Gasteiger partial charge in [-0.25, -0.2) is 4.39 Å². The maximum absolute atomic E-state index is 13.8. The summed E-state index contributed by atoms with van der Waals surface area (Å²) in [6, 6.07) is 4.78. The molecule has 0 spiro atoms. The molecule has 0 heterocycles. The second-order valence-corrected chi connectivity index (χ2v) is 5.02. The van der Waals surface area contributed by atoms with Crippen molar-refractivity contribution in [1.82, 2.24) is 0 Å². The van der Waals surface area contributed by atoms with E-state index < -0.39 is 0 Å². The Morgan fingerprint density at radius 3 is 2.63 bits per heavy atom. The van der Waals surface area contributed by atoms with Crippen LogP contribution in [0.5, 0.6) is 0 Å². The number of rotatable bonds is 5. The molecular weight excluding hydrogens is 243 g/mol. The second-order valence-electron chi connectivity index (χ2n) is 5.02. The van der Waals surface area contributed by atoms with E-state index in [1.165, 1.54) is 6.07 Å². The number of hydrogen-bond donors (Lipinski definition) is 1. The lowest BCUT2D eigenvalue weighted by atomic mass is 10.1. The molecule has 1 atom stereocenters. The summed E-state index contributed by atoms with van der Waals surface area (Å²) < 4.78 is 19.4. The van der Waals surface area contributed by atoms with E-state index in [2.05, 4.69) is 25.7 Å². The van der Waals surface area contributed by atoms with Crippen molar-refractivity contribution in [3.63, 3.8) is 0 Å². The number of aliphatic hydroxyl groups excluding tert-OH is 1. The van der Waals surface area contributed by atoms with Crippen LogP contribution >= 0.6 is 0 Å². The third-order valence-corrected chi connectivity index (χ3v) is 2.69. The average Bonchev–Trinajstić information content (AvgIpc) is 2.34. The molecule has 0 amide bonds. The number of hydrogen-bond acceptors (Lipinski definition) is 2. The van der Waals surface area contributed by atoms with Crippen LogP contribution in [0.1, 0.15) is 38.3 Å². The van der Waals surface area contributed by atoms with Gasteiger partial charge in [0.05, 0.1) is 12.7 Å². The van der Waals surface area contributed by atoms with Crippen molar-refractivity contribution in [2.24, 2.45) is 5.92 Å². The predicted octanol–water partition coefficient (Wildman–Crippen LogP) is 3.12. The molecule has 0 fully saturated rings. The van der Waals surface area contributed by atoms with Gasteiger partial charge >= 0.3 is 0 Å².